The Hall–Kier alpha value is -1.89. The summed E-state index contributed by atoms with van der Waals surface area (Å²) in [6.07, 6.45) is 1.43. The Kier molecular flexibility index (Phi) is 4.89. The van der Waals surface area contributed by atoms with Crippen LogP contribution in [0.15, 0.2) is 24.5 Å². The van der Waals surface area contributed by atoms with E-state index in [2.05, 4.69) is 15.3 Å². The Morgan fingerprint density at radius 3 is 2.67 bits per heavy atom. The Morgan fingerprint density at radius 1 is 1.29 bits per heavy atom. The fourth-order valence-corrected chi connectivity index (χ4v) is 3.83. The molecule has 3 aromatic rings. The van der Waals surface area contributed by atoms with E-state index in [0.29, 0.717) is 37.9 Å². The van der Waals surface area contributed by atoms with Crippen molar-refractivity contribution in [1.82, 2.24) is 9.97 Å². The first-order valence-electron chi connectivity index (χ1n) is 7.15. The molecule has 0 fully saturated rings. The zero-order chi connectivity index (χ0) is 17.3. The fraction of sp³-hybridized carbons (Fsp3) is 0.188. The zero-order valence-corrected chi connectivity index (χ0v) is 15.2. The van der Waals surface area contributed by atoms with Crippen molar-refractivity contribution in [3.8, 4) is 0 Å². The first-order valence-corrected chi connectivity index (χ1v) is 8.72. The number of thiophene rings is 1. The van der Waals surface area contributed by atoms with Crippen LogP contribution in [0.5, 0.6) is 0 Å². The minimum absolute atomic E-state index is 0.318. The normalized spacial score (nSPS) is 10.8. The molecule has 0 atom stereocenters. The number of nitrogens with one attached hydrogen (secondary N) is 1. The second-order valence-corrected chi connectivity index (χ2v) is 6.71. The largest absolute Gasteiger partial charge is 0.462 e. The summed E-state index contributed by atoms with van der Waals surface area (Å²) in [4.78, 5) is 21.8. The van der Waals surface area contributed by atoms with E-state index in [4.69, 9.17) is 27.9 Å². The van der Waals surface area contributed by atoms with Crippen molar-refractivity contribution in [2.45, 2.75) is 13.8 Å². The van der Waals surface area contributed by atoms with E-state index in [-0.39, 0.29) is 5.97 Å². The Labute approximate surface area is 152 Å². The Morgan fingerprint density at radius 2 is 2.00 bits per heavy atom. The SMILES string of the molecule is CCOC(=O)c1sc2ncnc(Nc3c(Cl)cccc3Cl)c2c1C. The molecule has 0 radical (unpaired) electrons. The molecular weight excluding hydrogens is 369 g/mol. The van der Waals surface area contributed by atoms with E-state index in [0.717, 1.165) is 10.9 Å². The van der Waals surface area contributed by atoms with Crippen LogP contribution in [0.1, 0.15) is 22.2 Å². The molecular formula is C16H13Cl2N3O2S. The lowest BCUT2D eigenvalue weighted by Gasteiger charge is -2.10. The minimum Gasteiger partial charge on any atom is -0.462 e. The molecule has 24 heavy (non-hydrogen) atoms. The molecule has 0 saturated carbocycles. The van der Waals surface area contributed by atoms with E-state index in [1.54, 1.807) is 25.1 Å². The van der Waals surface area contributed by atoms with Crippen LogP contribution in [0.25, 0.3) is 10.2 Å². The van der Waals surface area contributed by atoms with E-state index in [9.17, 15) is 4.79 Å². The standard InChI is InChI=1S/C16H13Cl2N3O2S/c1-3-23-16(22)13-8(2)11-14(19-7-20-15(11)24-13)21-12-9(17)5-4-6-10(12)18/h4-7H,3H2,1-2H3,(H,19,20,21). The van der Waals surface area contributed by atoms with Crippen LogP contribution in [0.4, 0.5) is 11.5 Å². The minimum atomic E-state index is -0.361. The molecule has 0 bridgehead atoms. The van der Waals surface area contributed by atoms with Gasteiger partial charge in [-0.15, -0.1) is 11.3 Å². The fourth-order valence-electron chi connectivity index (χ4n) is 2.29. The second-order valence-electron chi connectivity index (χ2n) is 4.90. The second kappa shape index (κ2) is 6.93. The molecule has 8 heteroatoms. The maximum Gasteiger partial charge on any atom is 0.348 e. The highest BCUT2D eigenvalue weighted by molar-refractivity contribution is 7.20. The van der Waals surface area contributed by atoms with Crippen LogP contribution >= 0.6 is 34.5 Å². The number of ether oxygens (including phenoxy) is 1. The number of halogens is 2. The van der Waals surface area contributed by atoms with E-state index < -0.39 is 0 Å². The van der Waals surface area contributed by atoms with Gasteiger partial charge in [0.1, 0.15) is 21.9 Å². The number of hydrogen-bond acceptors (Lipinski definition) is 6. The maximum atomic E-state index is 12.1. The number of benzene rings is 1. The molecule has 0 aliphatic carbocycles. The third-order valence-corrected chi connectivity index (χ3v) is 5.20. The smallest absolute Gasteiger partial charge is 0.348 e. The van der Waals surface area contributed by atoms with Gasteiger partial charge in [0.25, 0.3) is 0 Å². The van der Waals surface area contributed by atoms with Crippen LogP contribution in [-0.2, 0) is 4.74 Å². The molecule has 1 aromatic carbocycles. The Bertz CT molecular complexity index is 907. The number of aromatic nitrogens is 2. The molecule has 1 N–H and O–H groups in total. The van der Waals surface area contributed by atoms with Gasteiger partial charge < -0.3 is 10.1 Å². The van der Waals surface area contributed by atoms with Gasteiger partial charge in [0, 0.05) is 0 Å². The molecule has 2 heterocycles. The summed E-state index contributed by atoms with van der Waals surface area (Å²) in [5.41, 5.74) is 1.32. The highest BCUT2D eigenvalue weighted by Gasteiger charge is 2.20. The van der Waals surface area contributed by atoms with Crippen molar-refractivity contribution in [3.63, 3.8) is 0 Å². The molecule has 3 rings (SSSR count). The van der Waals surface area contributed by atoms with Gasteiger partial charge in [0.05, 0.1) is 27.7 Å². The molecule has 124 valence electrons. The van der Waals surface area contributed by atoms with Crippen molar-refractivity contribution in [3.05, 3.63) is 45.0 Å². The number of carbonyl (C=O) groups excluding carboxylic acids is 1. The van der Waals surface area contributed by atoms with Crippen molar-refractivity contribution < 1.29 is 9.53 Å². The highest BCUT2D eigenvalue weighted by atomic mass is 35.5. The summed E-state index contributed by atoms with van der Waals surface area (Å²) in [6, 6.07) is 5.23. The number of hydrogen-bond donors (Lipinski definition) is 1. The van der Waals surface area contributed by atoms with Crippen LogP contribution in [0, 0.1) is 6.92 Å². The number of nitrogens with zero attached hydrogens (tertiary/aromatic N) is 2. The first-order chi connectivity index (χ1) is 11.5. The van der Waals surface area contributed by atoms with Gasteiger partial charge in [0.2, 0.25) is 0 Å². The average molecular weight is 382 g/mol. The molecule has 0 amide bonds. The van der Waals surface area contributed by atoms with Gasteiger partial charge in [-0.1, -0.05) is 29.3 Å². The monoisotopic (exact) mass is 381 g/mol. The van der Waals surface area contributed by atoms with Gasteiger partial charge in [-0.25, -0.2) is 14.8 Å². The molecule has 2 aromatic heterocycles. The van der Waals surface area contributed by atoms with Crippen molar-refractivity contribution in [2.75, 3.05) is 11.9 Å². The van der Waals surface area contributed by atoms with E-state index in [1.807, 2.05) is 6.92 Å². The average Bonchev–Trinajstić information content (AvgIpc) is 2.89. The van der Waals surface area contributed by atoms with Crippen LogP contribution in [0.2, 0.25) is 10.0 Å². The lowest BCUT2D eigenvalue weighted by molar-refractivity contribution is 0.0531. The van der Waals surface area contributed by atoms with E-state index >= 15 is 0 Å². The number of aryl methyl sites for hydroxylation is 1. The number of rotatable bonds is 4. The molecule has 0 spiro atoms. The van der Waals surface area contributed by atoms with Crippen molar-refractivity contribution in [1.29, 1.82) is 0 Å². The summed E-state index contributed by atoms with van der Waals surface area (Å²) < 4.78 is 5.10. The summed E-state index contributed by atoms with van der Waals surface area (Å²) >= 11 is 13.7. The third-order valence-electron chi connectivity index (χ3n) is 3.39. The predicted molar refractivity (Wildman–Crippen MR) is 97.9 cm³/mol. The van der Waals surface area contributed by atoms with Crippen molar-refractivity contribution in [2.24, 2.45) is 0 Å². The summed E-state index contributed by atoms with van der Waals surface area (Å²) in [5.74, 6) is 0.180. The zero-order valence-electron chi connectivity index (χ0n) is 12.9. The Balaban J connectivity index is 2.11. The van der Waals surface area contributed by atoms with E-state index in [1.165, 1.54) is 17.7 Å². The maximum absolute atomic E-state index is 12.1. The lowest BCUT2D eigenvalue weighted by atomic mass is 10.2. The third kappa shape index (κ3) is 3.05. The summed E-state index contributed by atoms with van der Waals surface area (Å²) in [7, 11) is 0. The van der Waals surface area contributed by atoms with Gasteiger partial charge in [-0.2, -0.15) is 0 Å². The van der Waals surface area contributed by atoms with Gasteiger partial charge in [-0.05, 0) is 31.5 Å². The predicted octanol–water partition coefficient (Wildman–Crippen LogP) is 5.23. The molecule has 0 saturated heterocycles. The molecule has 0 aliphatic heterocycles. The number of fused-ring (bicyclic) bond motifs is 1. The number of carbonyl (C=O) groups is 1. The molecule has 5 nitrogen and oxygen atoms in total. The summed E-state index contributed by atoms with van der Waals surface area (Å²) in [5, 5.41) is 4.86. The quantitative estimate of drug-likeness (QED) is 0.627. The van der Waals surface area contributed by atoms with Crippen LogP contribution in [0.3, 0.4) is 0 Å². The van der Waals surface area contributed by atoms with Gasteiger partial charge in [-0.3, -0.25) is 0 Å². The van der Waals surface area contributed by atoms with Crippen molar-refractivity contribution >= 4 is 62.2 Å². The first kappa shape index (κ1) is 17.0. The van der Waals surface area contributed by atoms with Gasteiger partial charge >= 0.3 is 5.97 Å². The number of anilines is 2. The number of para-hydroxylation sites is 1. The summed E-state index contributed by atoms with van der Waals surface area (Å²) in [6.45, 7) is 3.93. The molecule has 0 unspecified atom stereocenters. The molecule has 0 aliphatic rings. The highest BCUT2D eigenvalue weighted by Crippen LogP contribution is 2.38. The topological polar surface area (TPSA) is 64.1 Å². The van der Waals surface area contributed by atoms with Gasteiger partial charge in [0.15, 0.2) is 0 Å². The van der Waals surface area contributed by atoms with Crippen LogP contribution < -0.4 is 5.32 Å². The number of esters is 1. The lowest BCUT2D eigenvalue weighted by Crippen LogP contribution is -2.03. The van der Waals surface area contributed by atoms with Crippen LogP contribution in [-0.4, -0.2) is 22.5 Å².